The fourth-order valence-corrected chi connectivity index (χ4v) is 4.48. The number of hydrogen-bond donors (Lipinski definition) is 2. The zero-order chi connectivity index (χ0) is 23.5. The minimum atomic E-state index is -0.242. The van der Waals surface area contributed by atoms with Gasteiger partial charge in [-0.3, -0.25) is 9.59 Å². The molecule has 1 aromatic carbocycles. The summed E-state index contributed by atoms with van der Waals surface area (Å²) >= 11 is 0. The van der Waals surface area contributed by atoms with Crippen molar-refractivity contribution in [3.8, 4) is 11.5 Å². The SMILES string of the molecule is COc1ccc2cc1OCCCCCC(=O)N1CCN(CC1)c1ncnc3c1/C(=C/N2)C(=O)N3. The van der Waals surface area contributed by atoms with Crippen molar-refractivity contribution in [1.29, 1.82) is 0 Å². The smallest absolute Gasteiger partial charge is 0.259 e. The molecule has 2 amide bonds. The molecular weight excluding hydrogens is 436 g/mol. The number of anilines is 3. The van der Waals surface area contributed by atoms with Crippen LogP contribution in [0.3, 0.4) is 0 Å². The van der Waals surface area contributed by atoms with E-state index in [-0.39, 0.29) is 11.8 Å². The summed E-state index contributed by atoms with van der Waals surface area (Å²) in [6, 6.07) is 5.54. The Morgan fingerprint density at radius 3 is 2.68 bits per heavy atom. The summed E-state index contributed by atoms with van der Waals surface area (Å²) in [5, 5.41) is 6.05. The summed E-state index contributed by atoms with van der Waals surface area (Å²) in [7, 11) is 1.60. The van der Waals surface area contributed by atoms with Gasteiger partial charge in [0.15, 0.2) is 11.5 Å². The normalized spacial score (nSPS) is 20.1. The highest BCUT2D eigenvalue weighted by molar-refractivity contribution is 6.32. The molecule has 10 heteroatoms. The van der Waals surface area contributed by atoms with E-state index in [0.717, 1.165) is 24.9 Å². The van der Waals surface area contributed by atoms with Crippen molar-refractivity contribution in [3.63, 3.8) is 0 Å². The van der Waals surface area contributed by atoms with Crippen LogP contribution in [-0.4, -0.2) is 66.6 Å². The average Bonchev–Trinajstić information content (AvgIpc) is 3.19. The molecule has 178 valence electrons. The third-order valence-electron chi connectivity index (χ3n) is 6.34. The molecule has 1 fully saturated rings. The number of benzene rings is 1. The molecule has 34 heavy (non-hydrogen) atoms. The summed E-state index contributed by atoms with van der Waals surface area (Å²) in [6.45, 7) is 3.10. The number of carbonyl (C=O) groups excluding carboxylic acids is 2. The lowest BCUT2D eigenvalue weighted by molar-refractivity contribution is -0.131. The molecule has 5 heterocycles. The largest absolute Gasteiger partial charge is 0.493 e. The molecular formula is C24H28N6O4. The standard InChI is InChI=1S/C24H28N6O4/c1-33-18-7-6-16-13-19(18)34-12-4-2-3-5-20(31)29-8-10-30(11-9-29)23-21-17(14-25-16)24(32)28-22(21)26-15-27-23/h6-7,13-15,25H,2-5,8-12H2,1H3,(H,26,27,28,32)/b17-14-. The Kier molecular flexibility index (Phi) is 6.20. The second-order valence-electron chi connectivity index (χ2n) is 8.47. The third-order valence-corrected chi connectivity index (χ3v) is 6.34. The number of methoxy groups -OCH3 is 1. The zero-order valence-electron chi connectivity index (χ0n) is 19.2. The van der Waals surface area contributed by atoms with E-state index < -0.39 is 0 Å². The first-order valence-electron chi connectivity index (χ1n) is 11.6. The van der Waals surface area contributed by atoms with Gasteiger partial charge in [-0.05, 0) is 31.4 Å². The van der Waals surface area contributed by atoms with Crippen LogP contribution in [0.15, 0.2) is 30.7 Å². The highest BCUT2D eigenvalue weighted by Crippen LogP contribution is 2.37. The summed E-state index contributed by atoms with van der Waals surface area (Å²) in [4.78, 5) is 38.3. The number of nitrogens with zero attached hydrogens (tertiary/aromatic N) is 4. The van der Waals surface area contributed by atoms with Crippen LogP contribution in [0.2, 0.25) is 0 Å². The summed E-state index contributed by atoms with van der Waals surface area (Å²) < 4.78 is 11.4. The topological polar surface area (TPSA) is 109 Å². The van der Waals surface area contributed by atoms with E-state index in [1.165, 1.54) is 6.33 Å². The van der Waals surface area contributed by atoms with Gasteiger partial charge in [-0.2, -0.15) is 0 Å². The van der Waals surface area contributed by atoms with Crippen LogP contribution in [0.25, 0.3) is 5.57 Å². The second kappa shape index (κ2) is 9.58. The molecule has 1 saturated heterocycles. The molecule has 0 aliphatic carbocycles. The number of amides is 2. The van der Waals surface area contributed by atoms with Crippen molar-refractivity contribution in [2.75, 3.05) is 55.4 Å². The lowest BCUT2D eigenvalue weighted by Gasteiger charge is -2.36. The molecule has 4 bridgehead atoms. The maximum absolute atomic E-state index is 12.8. The Balaban J connectivity index is 1.49. The lowest BCUT2D eigenvalue weighted by atomic mass is 10.1. The van der Waals surface area contributed by atoms with Crippen LogP contribution in [0.1, 0.15) is 31.2 Å². The maximum Gasteiger partial charge on any atom is 0.259 e. The molecule has 0 saturated carbocycles. The lowest BCUT2D eigenvalue weighted by Crippen LogP contribution is -2.49. The fourth-order valence-electron chi connectivity index (χ4n) is 4.48. The van der Waals surface area contributed by atoms with Crippen molar-refractivity contribution >= 4 is 34.7 Å². The molecule has 4 aliphatic heterocycles. The number of ether oxygens (including phenoxy) is 2. The van der Waals surface area contributed by atoms with Gasteiger partial charge in [-0.15, -0.1) is 0 Å². The summed E-state index contributed by atoms with van der Waals surface area (Å²) in [6.07, 6.45) is 6.28. The summed E-state index contributed by atoms with van der Waals surface area (Å²) in [5.74, 6) is 2.38. The molecule has 0 radical (unpaired) electrons. The van der Waals surface area contributed by atoms with Gasteiger partial charge in [0.2, 0.25) is 5.91 Å². The van der Waals surface area contributed by atoms with Crippen LogP contribution >= 0.6 is 0 Å². The molecule has 0 atom stereocenters. The molecule has 1 aromatic heterocycles. The van der Waals surface area contributed by atoms with E-state index in [4.69, 9.17) is 9.47 Å². The number of aromatic nitrogens is 2. The van der Waals surface area contributed by atoms with Crippen LogP contribution in [0.5, 0.6) is 11.5 Å². The van der Waals surface area contributed by atoms with Gasteiger partial charge in [0.05, 0.1) is 24.9 Å². The van der Waals surface area contributed by atoms with Crippen molar-refractivity contribution in [1.82, 2.24) is 14.9 Å². The first-order valence-corrected chi connectivity index (χ1v) is 11.6. The molecule has 4 aliphatic rings. The predicted octanol–water partition coefficient (Wildman–Crippen LogP) is 2.49. The van der Waals surface area contributed by atoms with Gasteiger partial charge in [0, 0.05) is 50.6 Å². The minimum absolute atomic E-state index is 0.183. The van der Waals surface area contributed by atoms with E-state index in [2.05, 4.69) is 25.5 Å². The van der Waals surface area contributed by atoms with E-state index >= 15 is 0 Å². The van der Waals surface area contributed by atoms with E-state index in [1.54, 1.807) is 13.3 Å². The Labute approximate surface area is 197 Å². The predicted molar refractivity (Wildman–Crippen MR) is 128 cm³/mol. The van der Waals surface area contributed by atoms with Crippen LogP contribution in [0.4, 0.5) is 17.3 Å². The molecule has 2 N–H and O–H groups in total. The second-order valence-corrected chi connectivity index (χ2v) is 8.47. The van der Waals surface area contributed by atoms with E-state index in [1.807, 2.05) is 23.1 Å². The van der Waals surface area contributed by atoms with Gasteiger partial charge in [0.25, 0.3) is 5.91 Å². The Hall–Kier alpha value is -3.82. The number of rotatable bonds is 1. The van der Waals surface area contributed by atoms with Crippen LogP contribution in [-0.2, 0) is 9.59 Å². The van der Waals surface area contributed by atoms with Crippen molar-refractivity contribution in [3.05, 3.63) is 36.3 Å². The van der Waals surface area contributed by atoms with Gasteiger partial charge in [-0.25, -0.2) is 9.97 Å². The van der Waals surface area contributed by atoms with Crippen LogP contribution in [0, 0.1) is 0 Å². The molecule has 2 aromatic rings. The highest BCUT2D eigenvalue weighted by Gasteiger charge is 2.32. The quantitative estimate of drug-likeness (QED) is 0.663. The average molecular weight is 465 g/mol. The van der Waals surface area contributed by atoms with Crippen molar-refractivity contribution in [2.24, 2.45) is 0 Å². The minimum Gasteiger partial charge on any atom is -0.493 e. The molecule has 6 rings (SSSR count). The number of fused-ring (bicyclic) bond motifs is 9. The van der Waals surface area contributed by atoms with Gasteiger partial charge in [0.1, 0.15) is 18.0 Å². The molecule has 0 spiro atoms. The number of piperazine rings is 1. The Morgan fingerprint density at radius 2 is 1.85 bits per heavy atom. The monoisotopic (exact) mass is 464 g/mol. The van der Waals surface area contributed by atoms with Crippen molar-refractivity contribution < 1.29 is 19.1 Å². The van der Waals surface area contributed by atoms with E-state index in [9.17, 15) is 9.59 Å². The number of carbonyl (C=O) groups is 2. The van der Waals surface area contributed by atoms with Crippen LogP contribution < -0.4 is 25.0 Å². The maximum atomic E-state index is 12.8. The van der Waals surface area contributed by atoms with Crippen molar-refractivity contribution in [2.45, 2.75) is 25.7 Å². The van der Waals surface area contributed by atoms with Gasteiger partial charge >= 0.3 is 0 Å². The Morgan fingerprint density at radius 1 is 1.03 bits per heavy atom. The molecule has 10 nitrogen and oxygen atoms in total. The third kappa shape index (κ3) is 4.35. The summed E-state index contributed by atoms with van der Waals surface area (Å²) in [5.41, 5.74) is 1.89. The highest BCUT2D eigenvalue weighted by atomic mass is 16.5. The number of nitrogens with one attached hydrogen (secondary N) is 2. The fraction of sp³-hybridized carbons (Fsp3) is 0.417. The first-order chi connectivity index (χ1) is 16.6. The Bertz CT molecular complexity index is 1130. The van der Waals surface area contributed by atoms with Gasteiger partial charge < -0.3 is 29.9 Å². The molecule has 0 unspecified atom stereocenters. The number of hydrogen-bond acceptors (Lipinski definition) is 8. The van der Waals surface area contributed by atoms with Gasteiger partial charge in [-0.1, -0.05) is 0 Å². The van der Waals surface area contributed by atoms with E-state index in [0.29, 0.717) is 73.5 Å². The zero-order valence-corrected chi connectivity index (χ0v) is 19.2. The first kappa shape index (κ1) is 22.0.